The molecule has 0 atom stereocenters. The maximum absolute atomic E-state index is 19.1. The molecular formula is C106H78F2N2O2SSi. The standard InChI is InChI=1S/C106H78F2N2O2SSi/c1-69(2)91-67-97(109(95-57-31-53-87-83-49-23-25-59-99(83)111-105(87)95)103-81(51-29-55-93(103)107)71-33-27-41-76(65-71)113(73-35-11-5-12-36-73,74-37-13-6-14-38-74)75-39-15-7-16-40-75)89-63-61-86-92(70(3)4)68-98(90-64-62-85(91)101(89)102(86)90)110(96-58-32-54-88-84-50-24-26-60-100(84)112-106(88)96)104-82(52-30-56-94(104)108)72-34-28-48-80(66-72)114(77-42-17-8-18-43-77,78-44-19-9-20-45-78)79-46-21-10-22-47-79/h5-70H,1-4H3. The Labute approximate surface area is 664 Å². The fourth-order valence-electron chi connectivity index (χ4n) is 18.4. The zero-order chi connectivity index (χ0) is 76.8. The van der Waals surface area contributed by atoms with Crippen molar-refractivity contribution in [3.8, 4) is 22.3 Å². The summed E-state index contributed by atoms with van der Waals surface area (Å²) in [5.41, 5.74) is 11.6. The van der Waals surface area contributed by atoms with Crippen molar-refractivity contribution in [2.24, 2.45) is 0 Å². The zero-order valence-corrected chi connectivity index (χ0v) is 65.3. The van der Waals surface area contributed by atoms with Crippen molar-refractivity contribution in [3.63, 3.8) is 0 Å². The van der Waals surface area contributed by atoms with E-state index in [1.54, 1.807) is 12.1 Å². The fourth-order valence-corrected chi connectivity index (χ4v) is 27.1. The third kappa shape index (κ3) is 11.1. The monoisotopic (exact) mass is 1510 g/mol. The molecule has 8 heteroatoms. The first-order chi connectivity index (χ1) is 56.1. The lowest BCUT2D eigenvalue weighted by Crippen LogP contribution is -2.74. The van der Waals surface area contributed by atoms with Gasteiger partial charge in [-0.05, 0) is 173 Å². The number of nitrogens with zero attached hydrogens (tertiary/aromatic N) is 2. The van der Waals surface area contributed by atoms with Gasteiger partial charge in [-0.25, -0.2) is 8.78 Å². The molecule has 0 N–H and O–H groups in total. The number of benzene rings is 18. The van der Waals surface area contributed by atoms with Crippen LogP contribution in [0.25, 0.3) is 98.4 Å². The van der Waals surface area contributed by atoms with Gasteiger partial charge in [0.05, 0.1) is 34.1 Å². The van der Waals surface area contributed by atoms with Crippen molar-refractivity contribution in [2.75, 3.05) is 9.80 Å². The highest BCUT2D eigenvalue weighted by Gasteiger charge is 2.42. The summed E-state index contributed by atoms with van der Waals surface area (Å²) in [5.74, 6) is -0.877. The van der Waals surface area contributed by atoms with Crippen molar-refractivity contribution in [3.05, 3.63) is 411 Å². The fraction of sp³-hybridized carbons (Fsp3) is 0.0566. The van der Waals surface area contributed by atoms with Gasteiger partial charge in [0.2, 0.25) is 0 Å². The lowest BCUT2D eigenvalue weighted by Gasteiger charge is -2.42. The van der Waals surface area contributed by atoms with Gasteiger partial charge in [-0.2, -0.15) is 0 Å². The van der Waals surface area contributed by atoms with Crippen LogP contribution in [0.4, 0.5) is 42.9 Å². The van der Waals surface area contributed by atoms with Crippen LogP contribution >= 0.6 is 10.0 Å². The molecule has 0 saturated carbocycles. The summed E-state index contributed by atoms with van der Waals surface area (Å²) in [7, 11) is -5.30. The van der Waals surface area contributed by atoms with Crippen molar-refractivity contribution < 1.29 is 17.6 Å². The molecule has 0 aliphatic carbocycles. The van der Waals surface area contributed by atoms with E-state index in [1.807, 2.05) is 48.5 Å². The lowest BCUT2D eigenvalue weighted by atomic mass is 9.83. The average molecular weight is 1510 g/mol. The molecule has 18 aromatic carbocycles. The maximum Gasteiger partial charge on any atom is 0.179 e. The van der Waals surface area contributed by atoms with E-state index in [0.29, 0.717) is 45.0 Å². The molecule has 20 rings (SSSR count). The van der Waals surface area contributed by atoms with E-state index < -0.39 is 29.7 Å². The van der Waals surface area contributed by atoms with Crippen LogP contribution < -0.4 is 30.5 Å². The van der Waals surface area contributed by atoms with Crippen LogP contribution in [0.15, 0.2) is 417 Å². The van der Waals surface area contributed by atoms with E-state index in [4.69, 9.17) is 8.83 Å². The molecule has 0 saturated heterocycles. The highest BCUT2D eigenvalue weighted by Crippen LogP contribution is 2.74. The molecule has 0 radical (unpaired) electrons. The first kappa shape index (κ1) is 69.8. The Hall–Kier alpha value is -13.4. The Kier molecular flexibility index (Phi) is 17.4. The topological polar surface area (TPSA) is 32.8 Å². The SMILES string of the molecule is CC(C)c1cc(N(c2c(F)cccc2-c2cccc([Si](c3ccccc3)(c3ccccc3)c3ccccc3)c2)c2cccc3c2oc2ccccc23)c2ccc3c(C(C)C)cc(N(c4c(F)cccc4-c4cccc(S(c5ccccc5)(c5ccccc5)c5ccccc5)c4)c4cccc5c4oc4ccccc45)c4ccc1c2c34. The van der Waals surface area contributed by atoms with Gasteiger partial charge in [0, 0.05) is 63.0 Å². The quantitative estimate of drug-likeness (QED) is 0.0487. The van der Waals surface area contributed by atoms with Gasteiger partial charge >= 0.3 is 0 Å². The average Bonchev–Trinajstić information content (AvgIpc) is 0.753. The minimum atomic E-state index is -3.11. The summed E-state index contributed by atoms with van der Waals surface area (Å²) in [4.78, 5) is 8.97. The predicted octanol–water partition coefficient (Wildman–Crippen LogP) is 27.9. The Morgan fingerprint density at radius 2 is 0.605 bits per heavy atom. The van der Waals surface area contributed by atoms with Gasteiger partial charge in [-0.3, -0.25) is 0 Å². The molecular weight excluding hydrogens is 1430 g/mol. The summed E-state index contributed by atoms with van der Waals surface area (Å²) < 4.78 is 52.6. The smallest absolute Gasteiger partial charge is 0.179 e. The van der Waals surface area contributed by atoms with Gasteiger partial charge < -0.3 is 18.6 Å². The number of para-hydroxylation sites is 6. The number of fused-ring (bicyclic) bond motifs is 6. The molecule has 0 aliphatic rings. The molecule has 0 bridgehead atoms. The Morgan fingerprint density at radius 3 is 1.03 bits per heavy atom. The molecule has 0 amide bonds. The van der Waals surface area contributed by atoms with Crippen molar-refractivity contribution in [1.29, 1.82) is 0 Å². The van der Waals surface area contributed by atoms with E-state index in [-0.39, 0.29) is 11.8 Å². The Balaban J connectivity index is 0.871. The number of hydrogen-bond donors (Lipinski definition) is 0. The molecule has 4 nitrogen and oxygen atoms in total. The normalized spacial score (nSPS) is 12.2. The highest BCUT2D eigenvalue weighted by atomic mass is 32.3. The van der Waals surface area contributed by atoms with Crippen LogP contribution in [0.5, 0.6) is 0 Å². The molecule has 548 valence electrons. The maximum atomic E-state index is 19.1. The van der Waals surface area contributed by atoms with Crippen LogP contribution in [-0.2, 0) is 0 Å². The third-order valence-electron chi connectivity index (χ3n) is 23.3. The summed E-state index contributed by atoms with van der Waals surface area (Å²) >= 11 is 0. The van der Waals surface area contributed by atoms with E-state index in [9.17, 15) is 0 Å². The number of rotatable bonds is 18. The van der Waals surface area contributed by atoms with Crippen LogP contribution in [0.2, 0.25) is 0 Å². The predicted molar refractivity (Wildman–Crippen MR) is 477 cm³/mol. The Bertz CT molecular complexity index is 6420. The minimum Gasteiger partial charge on any atom is -0.454 e. The first-order valence-electron chi connectivity index (χ1n) is 39.2. The molecule has 0 aliphatic heterocycles. The van der Waals surface area contributed by atoms with Crippen molar-refractivity contribution >= 4 is 149 Å². The summed E-state index contributed by atoms with van der Waals surface area (Å²) in [6.45, 7) is 9.01. The van der Waals surface area contributed by atoms with Crippen molar-refractivity contribution in [2.45, 2.75) is 59.1 Å². The molecule has 0 spiro atoms. The van der Waals surface area contributed by atoms with Gasteiger partial charge in [-0.1, -0.05) is 319 Å². The summed E-state index contributed by atoms with van der Waals surface area (Å²) in [5, 5.41) is 14.5. The summed E-state index contributed by atoms with van der Waals surface area (Å²) in [6.07, 6.45) is 0. The van der Waals surface area contributed by atoms with E-state index >= 15 is 8.78 Å². The lowest BCUT2D eigenvalue weighted by molar-refractivity contribution is 0.628. The van der Waals surface area contributed by atoms with Gasteiger partial charge in [0.1, 0.15) is 22.8 Å². The third-order valence-corrected chi connectivity index (χ3v) is 32.0. The highest BCUT2D eigenvalue weighted by molar-refractivity contribution is 8.34. The number of furan rings is 2. The van der Waals surface area contributed by atoms with Gasteiger partial charge in [0.15, 0.2) is 19.2 Å². The molecule has 2 aromatic heterocycles. The first-order valence-corrected chi connectivity index (χ1v) is 42.8. The van der Waals surface area contributed by atoms with E-state index in [1.165, 1.54) is 30.2 Å². The number of halogens is 2. The van der Waals surface area contributed by atoms with Crippen LogP contribution in [0, 0.1) is 11.6 Å². The largest absolute Gasteiger partial charge is 0.454 e. The molecule has 0 fully saturated rings. The molecule has 2 heterocycles. The number of anilines is 6. The van der Waals surface area contributed by atoms with E-state index in [0.717, 1.165) is 109 Å². The summed E-state index contributed by atoms with van der Waals surface area (Å²) in [6, 6.07) is 137. The second-order valence-corrected chi connectivity index (χ2v) is 37.2. The second kappa shape index (κ2) is 28.4. The van der Waals surface area contributed by atoms with Crippen LogP contribution in [0.3, 0.4) is 0 Å². The van der Waals surface area contributed by atoms with E-state index in [2.05, 4.69) is 365 Å². The molecule has 20 aromatic rings. The van der Waals surface area contributed by atoms with Crippen molar-refractivity contribution in [1.82, 2.24) is 0 Å². The van der Waals surface area contributed by atoms with Gasteiger partial charge in [-0.15, -0.1) is 10.0 Å². The Morgan fingerprint density at radius 1 is 0.272 bits per heavy atom. The van der Waals surface area contributed by atoms with Crippen LogP contribution in [0.1, 0.15) is 50.7 Å². The van der Waals surface area contributed by atoms with Crippen LogP contribution in [-0.4, -0.2) is 8.07 Å². The number of hydrogen-bond acceptors (Lipinski definition) is 4. The molecule has 114 heavy (non-hydrogen) atoms. The van der Waals surface area contributed by atoms with Gasteiger partial charge in [0.25, 0.3) is 0 Å². The minimum absolute atomic E-state index is 0.0322. The molecule has 0 unspecified atom stereocenters. The zero-order valence-electron chi connectivity index (χ0n) is 63.5. The second-order valence-electron chi connectivity index (χ2n) is 30.3.